The van der Waals surface area contributed by atoms with E-state index in [4.69, 9.17) is 4.74 Å². The lowest BCUT2D eigenvalue weighted by Gasteiger charge is -2.26. The quantitative estimate of drug-likeness (QED) is 0.744. The summed E-state index contributed by atoms with van der Waals surface area (Å²) in [6, 6.07) is 0. The molecule has 3 rings (SSSR count). The molecule has 3 nitrogen and oxygen atoms in total. The number of hydrogen-bond acceptors (Lipinski definition) is 3. The van der Waals surface area contributed by atoms with E-state index in [-0.39, 0.29) is 17.5 Å². The van der Waals surface area contributed by atoms with E-state index in [0.717, 1.165) is 44.9 Å². The first-order chi connectivity index (χ1) is 7.56. The summed E-state index contributed by atoms with van der Waals surface area (Å²) >= 11 is 0. The molecular formula is C13H20O3. The van der Waals surface area contributed by atoms with Crippen molar-refractivity contribution in [3.63, 3.8) is 0 Å². The number of carbonyl (C=O) groups excluding carboxylic acids is 1. The normalized spacial score (nSPS) is 49.4. The van der Waals surface area contributed by atoms with Gasteiger partial charge in [0.05, 0.1) is 18.6 Å². The van der Waals surface area contributed by atoms with Gasteiger partial charge >= 0.3 is 5.97 Å². The van der Waals surface area contributed by atoms with Crippen molar-refractivity contribution >= 4 is 5.97 Å². The first-order valence-corrected chi connectivity index (χ1v) is 6.36. The smallest absolute Gasteiger partial charge is 0.308 e. The topological polar surface area (TPSA) is 46.5 Å². The van der Waals surface area contributed by atoms with E-state index in [2.05, 4.69) is 0 Å². The van der Waals surface area contributed by atoms with Crippen molar-refractivity contribution in [3.8, 4) is 0 Å². The molecule has 90 valence electrons. The summed E-state index contributed by atoms with van der Waals surface area (Å²) in [6.07, 6.45) is 7.39. The zero-order chi connectivity index (χ0) is 11.4. The first kappa shape index (κ1) is 10.6. The van der Waals surface area contributed by atoms with Crippen molar-refractivity contribution in [2.75, 3.05) is 7.11 Å². The van der Waals surface area contributed by atoms with Gasteiger partial charge in [0.15, 0.2) is 0 Å². The molecule has 2 atom stereocenters. The summed E-state index contributed by atoms with van der Waals surface area (Å²) < 4.78 is 4.78. The predicted molar refractivity (Wildman–Crippen MR) is 58.7 cm³/mol. The highest BCUT2D eigenvalue weighted by Gasteiger charge is 2.57. The largest absolute Gasteiger partial charge is 0.469 e. The van der Waals surface area contributed by atoms with Crippen LogP contribution in [0.4, 0.5) is 0 Å². The molecule has 0 aliphatic heterocycles. The van der Waals surface area contributed by atoms with Gasteiger partial charge < -0.3 is 9.84 Å². The van der Waals surface area contributed by atoms with Gasteiger partial charge in [-0.1, -0.05) is 0 Å². The Labute approximate surface area is 96.2 Å². The second kappa shape index (κ2) is 3.22. The molecule has 3 heteroatoms. The lowest BCUT2D eigenvalue weighted by Crippen LogP contribution is -2.20. The number of fused-ring (bicyclic) bond motifs is 2. The maximum atomic E-state index is 11.4. The van der Waals surface area contributed by atoms with E-state index in [1.165, 1.54) is 7.11 Å². The van der Waals surface area contributed by atoms with Crippen LogP contribution in [0, 0.1) is 17.3 Å². The van der Waals surface area contributed by atoms with Crippen LogP contribution >= 0.6 is 0 Å². The Morgan fingerprint density at radius 3 is 2.56 bits per heavy atom. The number of rotatable bonds is 3. The molecule has 0 radical (unpaired) electrons. The second-order valence-electron chi connectivity index (χ2n) is 6.23. The molecule has 0 amide bonds. The molecule has 0 aromatic carbocycles. The van der Waals surface area contributed by atoms with Crippen molar-refractivity contribution in [1.82, 2.24) is 0 Å². The first-order valence-electron chi connectivity index (χ1n) is 6.36. The standard InChI is InChI=1S/C13H20O3/c1-16-11(14)10-6-9(10)7-12-2-4-13(15,8-12)5-3-12/h9-10,15H,2-8H2,1H3. The Balaban J connectivity index is 1.59. The summed E-state index contributed by atoms with van der Waals surface area (Å²) in [5.41, 5.74) is 0.0117. The van der Waals surface area contributed by atoms with Crippen LogP contribution in [0.5, 0.6) is 0 Å². The van der Waals surface area contributed by atoms with Gasteiger partial charge in [-0.05, 0) is 56.3 Å². The van der Waals surface area contributed by atoms with E-state index in [1.54, 1.807) is 0 Å². The number of aliphatic hydroxyl groups is 1. The van der Waals surface area contributed by atoms with Crippen LogP contribution in [0.2, 0.25) is 0 Å². The maximum Gasteiger partial charge on any atom is 0.308 e. The highest BCUT2D eigenvalue weighted by atomic mass is 16.5. The molecule has 3 saturated carbocycles. The van der Waals surface area contributed by atoms with Gasteiger partial charge in [-0.2, -0.15) is 0 Å². The van der Waals surface area contributed by atoms with E-state index in [1.807, 2.05) is 0 Å². The van der Waals surface area contributed by atoms with Gasteiger partial charge in [-0.25, -0.2) is 0 Å². The van der Waals surface area contributed by atoms with Crippen molar-refractivity contribution in [1.29, 1.82) is 0 Å². The molecule has 1 N–H and O–H groups in total. The summed E-state index contributed by atoms with van der Waals surface area (Å²) in [5.74, 6) is 0.661. The molecular weight excluding hydrogens is 204 g/mol. The number of methoxy groups -OCH3 is 1. The molecule has 2 unspecified atom stereocenters. The van der Waals surface area contributed by atoms with Gasteiger partial charge in [-0.3, -0.25) is 4.79 Å². The molecule has 3 aliphatic rings. The second-order valence-corrected chi connectivity index (χ2v) is 6.23. The van der Waals surface area contributed by atoms with Crippen LogP contribution in [0.25, 0.3) is 0 Å². The van der Waals surface area contributed by atoms with Gasteiger partial charge in [0.1, 0.15) is 0 Å². The Morgan fingerprint density at radius 2 is 2.06 bits per heavy atom. The molecule has 0 aromatic rings. The molecule has 3 aliphatic carbocycles. The number of ether oxygens (including phenoxy) is 1. The summed E-state index contributed by atoms with van der Waals surface area (Å²) in [5, 5.41) is 10.2. The van der Waals surface area contributed by atoms with Gasteiger partial charge in [0.25, 0.3) is 0 Å². The third kappa shape index (κ3) is 1.56. The van der Waals surface area contributed by atoms with Crippen molar-refractivity contribution in [3.05, 3.63) is 0 Å². The molecule has 0 spiro atoms. The highest BCUT2D eigenvalue weighted by molar-refractivity contribution is 5.75. The fraction of sp³-hybridized carbons (Fsp3) is 0.923. The molecule has 2 bridgehead atoms. The summed E-state index contributed by atoms with van der Waals surface area (Å²) in [6.45, 7) is 0. The Morgan fingerprint density at radius 1 is 1.38 bits per heavy atom. The Bertz CT molecular complexity index is 315. The molecule has 16 heavy (non-hydrogen) atoms. The number of hydrogen-bond donors (Lipinski definition) is 1. The summed E-state index contributed by atoms with van der Waals surface area (Å²) in [4.78, 5) is 11.4. The fourth-order valence-electron chi connectivity index (χ4n) is 4.04. The minimum atomic E-state index is -0.352. The third-order valence-corrected chi connectivity index (χ3v) is 5.07. The Hall–Kier alpha value is -0.570. The molecule has 0 heterocycles. The minimum absolute atomic E-state index is 0.0346. The third-order valence-electron chi connectivity index (χ3n) is 5.07. The van der Waals surface area contributed by atoms with E-state index < -0.39 is 0 Å². The molecule has 0 saturated heterocycles. The van der Waals surface area contributed by atoms with Crippen LogP contribution in [0.3, 0.4) is 0 Å². The zero-order valence-corrected chi connectivity index (χ0v) is 9.87. The lowest BCUT2D eigenvalue weighted by molar-refractivity contribution is -0.142. The van der Waals surface area contributed by atoms with Gasteiger partial charge in [0.2, 0.25) is 0 Å². The average molecular weight is 224 g/mol. The lowest BCUT2D eigenvalue weighted by atomic mass is 9.79. The zero-order valence-electron chi connectivity index (χ0n) is 9.87. The van der Waals surface area contributed by atoms with E-state index in [9.17, 15) is 9.90 Å². The van der Waals surface area contributed by atoms with Crippen LogP contribution in [-0.4, -0.2) is 23.8 Å². The number of carbonyl (C=O) groups is 1. The average Bonchev–Trinajstić information content (AvgIpc) is 2.83. The molecule has 3 fully saturated rings. The van der Waals surface area contributed by atoms with Crippen LogP contribution < -0.4 is 0 Å². The van der Waals surface area contributed by atoms with Crippen molar-refractivity contribution in [2.45, 2.75) is 50.5 Å². The van der Waals surface area contributed by atoms with Crippen LogP contribution in [0.15, 0.2) is 0 Å². The maximum absolute atomic E-state index is 11.4. The van der Waals surface area contributed by atoms with E-state index in [0.29, 0.717) is 11.3 Å². The molecule has 0 aromatic heterocycles. The summed E-state index contributed by atoms with van der Waals surface area (Å²) in [7, 11) is 1.47. The Kier molecular flexibility index (Phi) is 2.13. The van der Waals surface area contributed by atoms with Crippen LogP contribution in [-0.2, 0) is 9.53 Å². The number of esters is 1. The fourth-order valence-corrected chi connectivity index (χ4v) is 4.04. The van der Waals surface area contributed by atoms with Gasteiger partial charge in [-0.15, -0.1) is 0 Å². The van der Waals surface area contributed by atoms with Crippen molar-refractivity contribution in [2.24, 2.45) is 17.3 Å². The highest BCUT2D eigenvalue weighted by Crippen LogP contribution is 2.62. The van der Waals surface area contributed by atoms with Crippen molar-refractivity contribution < 1.29 is 14.6 Å². The predicted octanol–water partition coefficient (Wildman–Crippen LogP) is 1.88. The van der Waals surface area contributed by atoms with Crippen LogP contribution in [0.1, 0.15) is 44.9 Å². The van der Waals surface area contributed by atoms with Gasteiger partial charge in [0, 0.05) is 0 Å². The van der Waals surface area contributed by atoms with E-state index >= 15 is 0 Å². The monoisotopic (exact) mass is 224 g/mol. The SMILES string of the molecule is COC(=O)C1CC1CC12CCC(O)(CC1)C2. The minimum Gasteiger partial charge on any atom is -0.469 e.